The van der Waals surface area contributed by atoms with Gasteiger partial charge in [-0.2, -0.15) is 5.10 Å². The molecular formula is C22H27ClN6O. The average molecular weight is 427 g/mol. The van der Waals surface area contributed by atoms with Crippen molar-refractivity contribution >= 4 is 23.2 Å². The van der Waals surface area contributed by atoms with Crippen LogP contribution in [0.5, 0.6) is 0 Å². The Morgan fingerprint density at radius 3 is 2.80 bits per heavy atom. The van der Waals surface area contributed by atoms with E-state index in [-0.39, 0.29) is 5.91 Å². The van der Waals surface area contributed by atoms with Crippen LogP contribution in [0.15, 0.2) is 18.2 Å². The van der Waals surface area contributed by atoms with E-state index in [9.17, 15) is 4.79 Å². The van der Waals surface area contributed by atoms with Gasteiger partial charge < -0.3 is 9.88 Å². The van der Waals surface area contributed by atoms with Crippen LogP contribution in [0.3, 0.4) is 0 Å². The third-order valence-corrected chi connectivity index (χ3v) is 6.19. The van der Waals surface area contributed by atoms with E-state index in [0.717, 1.165) is 60.0 Å². The molecule has 0 aliphatic carbocycles. The Hall–Kier alpha value is -2.67. The molecule has 1 aliphatic rings. The molecule has 1 N–H and O–H groups in total. The van der Waals surface area contributed by atoms with Crippen LogP contribution in [-0.4, -0.2) is 30.5 Å². The highest BCUT2D eigenvalue weighted by molar-refractivity contribution is 6.33. The minimum Gasteiger partial charge on any atom is -0.326 e. The van der Waals surface area contributed by atoms with Gasteiger partial charge in [-0.05, 0) is 56.9 Å². The molecule has 30 heavy (non-hydrogen) atoms. The minimum atomic E-state index is -0.0361. The molecule has 0 radical (unpaired) electrons. The molecule has 2 aromatic heterocycles. The summed E-state index contributed by atoms with van der Waals surface area (Å²) in [5.41, 5.74) is 4.72. The highest BCUT2D eigenvalue weighted by atomic mass is 35.5. The predicted molar refractivity (Wildman–Crippen MR) is 118 cm³/mol. The Bertz CT molecular complexity index is 1080. The van der Waals surface area contributed by atoms with Crippen molar-refractivity contribution in [3.05, 3.63) is 46.0 Å². The Morgan fingerprint density at radius 1 is 1.20 bits per heavy atom. The van der Waals surface area contributed by atoms with Crippen LogP contribution in [0.1, 0.15) is 48.5 Å². The second kappa shape index (κ2) is 8.60. The molecule has 0 unspecified atom stereocenters. The van der Waals surface area contributed by atoms with Crippen molar-refractivity contribution in [1.82, 2.24) is 24.5 Å². The summed E-state index contributed by atoms with van der Waals surface area (Å²) in [5.74, 6) is 1.75. The highest BCUT2D eigenvalue weighted by Crippen LogP contribution is 2.31. The number of carbonyl (C=O) groups excluding carboxylic acids is 1. The van der Waals surface area contributed by atoms with E-state index < -0.39 is 0 Å². The number of halogens is 1. The molecule has 7 nitrogen and oxygen atoms in total. The predicted octanol–water partition coefficient (Wildman–Crippen LogP) is 4.25. The first-order valence-electron chi connectivity index (χ1n) is 10.4. The van der Waals surface area contributed by atoms with Gasteiger partial charge in [0.25, 0.3) is 0 Å². The van der Waals surface area contributed by atoms with Crippen molar-refractivity contribution in [2.45, 2.75) is 58.9 Å². The zero-order valence-electron chi connectivity index (χ0n) is 17.7. The van der Waals surface area contributed by atoms with Crippen molar-refractivity contribution in [1.29, 1.82) is 0 Å². The van der Waals surface area contributed by atoms with E-state index in [2.05, 4.69) is 25.2 Å². The molecule has 0 fully saturated rings. The van der Waals surface area contributed by atoms with Gasteiger partial charge in [-0.3, -0.25) is 9.48 Å². The molecule has 0 atom stereocenters. The lowest BCUT2D eigenvalue weighted by molar-refractivity contribution is -0.116. The van der Waals surface area contributed by atoms with Crippen molar-refractivity contribution < 1.29 is 4.79 Å². The Labute approximate surface area is 181 Å². The molecule has 1 aliphatic heterocycles. The maximum absolute atomic E-state index is 12.6. The number of benzene rings is 1. The number of hydrogen-bond donors (Lipinski definition) is 1. The third-order valence-electron chi connectivity index (χ3n) is 5.86. The van der Waals surface area contributed by atoms with Crippen LogP contribution in [-0.2, 0) is 31.2 Å². The molecule has 0 bridgehead atoms. The summed E-state index contributed by atoms with van der Waals surface area (Å²) < 4.78 is 4.02. The molecule has 0 spiro atoms. The number of nitrogens with zero attached hydrogens (tertiary/aromatic N) is 5. The first-order chi connectivity index (χ1) is 14.4. The normalized spacial score (nSPS) is 13.7. The van der Waals surface area contributed by atoms with Crippen LogP contribution >= 0.6 is 11.6 Å². The summed E-state index contributed by atoms with van der Waals surface area (Å²) in [6.07, 6.45) is 5.44. The van der Waals surface area contributed by atoms with Crippen molar-refractivity contribution in [2.24, 2.45) is 7.05 Å². The molecule has 158 valence electrons. The van der Waals surface area contributed by atoms with Crippen molar-refractivity contribution in [3.8, 4) is 11.4 Å². The number of hydrogen-bond acceptors (Lipinski definition) is 4. The summed E-state index contributed by atoms with van der Waals surface area (Å²) in [5, 5.41) is 16.8. The molecule has 3 heterocycles. The van der Waals surface area contributed by atoms with Gasteiger partial charge in [0, 0.05) is 43.4 Å². The first kappa shape index (κ1) is 20.6. The number of rotatable bonds is 5. The maximum atomic E-state index is 12.6. The number of aryl methyl sites for hydroxylation is 3. The standard InChI is InChI=1S/C22H27ClN6O/c1-14-17(15(2)28(3)27-14)9-11-21(30)24-16-8-10-19(23)18(13-16)22-26-25-20-7-5-4-6-12-29(20)22/h8,10,13H,4-7,9,11-12H2,1-3H3,(H,24,30). The largest absolute Gasteiger partial charge is 0.326 e. The molecular weight excluding hydrogens is 400 g/mol. The molecule has 4 rings (SSSR count). The number of carbonyl (C=O) groups is 1. The maximum Gasteiger partial charge on any atom is 0.224 e. The van der Waals surface area contributed by atoms with Gasteiger partial charge in [0.05, 0.1) is 10.7 Å². The van der Waals surface area contributed by atoms with Crippen LogP contribution in [0, 0.1) is 13.8 Å². The van der Waals surface area contributed by atoms with Crippen molar-refractivity contribution in [2.75, 3.05) is 5.32 Å². The van der Waals surface area contributed by atoms with Gasteiger partial charge >= 0.3 is 0 Å². The van der Waals surface area contributed by atoms with Gasteiger partial charge in [-0.1, -0.05) is 18.0 Å². The fourth-order valence-corrected chi connectivity index (χ4v) is 4.30. The Morgan fingerprint density at radius 2 is 2.03 bits per heavy atom. The zero-order chi connectivity index (χ0) is 21.3. The lowest BCUT2D eigenvalue weighted by Gasteiger charge is -2.11. The van der Waals surface area contributed by atoms with Crippen LogP contribution < -0.4 is 5.32 Å². The average Bonchev–Trinajstić information content (AvgIpc) is 3.11. The molecule has 8 heteroatoms. The number of aromatic nitrogens is 5. The number of amides is 1. The van der Waals surface area contributed by atoms with Crippen LogP contribution in [0.4, 0.5) is 5.69 Å². The lowest BCUT2D eigenvalue weighted by Crippen LogP contribution is -2.13. The van der Waals surface area contributed by atoms with E-state index in [1.54, 1.807) is 6.07 Å². The van der Waals surface area contributed by atoms with Crippen LogP contribution in [0.25, 0.3) is 11.4 Å². The fourth-order valence-electron chi connectivity index (χ4n) is 4.10. The van der Waals surface area contributed by atoms with Crippen LogP contribution in [0.2, 0.25) is 5.02 Å². The third kappa shape index (κ3) is 4.12. The molecule has 1 amide bonds. The highest BCUT2D eigenvalue weighted by Gasteiger charge is 2.19. The SMILES string of the molecule is Cc1nn(C)c(C)c1CCC(=O)Nc1ccc(Cl)c(-c2nnc3n2CCCCC3)c1. The second-order valence-corrected chi connectivity index (χ2v) is 8.33. The minimum absolute atomic E-state index is 0.0361. The summed E-state index contributed by atoms with van der Waals surface area (Å²) in [4.78, 5) is 12.6. The van der Waals surface area contributed by atoms with E-state index in [0.29, 0.717) is 23.6 Å². The molecule has 0 saturated carbocycles. The second-order valence-electron chi connectivity index (χ2n) is 7.92. The lowest BCUT2D eigenvalue weighted by atomic mass is 10.1. The molecule has 1 aromatic carbocycles. The summed E-state index contributed by atoms with van der Waals surface area (Å²) in [7, 11) is 1.92. The van der Waals surface area contributed by atoms with Gasteiger partial charge in [0.15, 0.2) is 5.82 Å². The van der Waals surface area contributed by atoms with Gasteiger partial charge in [-0.15, -0.1) is 10.2 Å². The Balaban J connectivity index is 1.50. The fraction of sp³-hybridized carbons (Fsp3) is 0.455. The first-order valence-corrected chi connectivity index (χ1v) is 10.8. The number of nitrogens with one attached hydrogen (secondary N) is 1. The summed E-state index contributed by atoms with van der Waals surface area (Å²) in [6.45, 7) is 4.90. The van der Waals surface area contributed by atoms with Crippen molar-refractivity contribution in [3.63, 3.8) is 0 Å². The quantitative estimate of drug-likeness (QED) is 0.661. The van der Waals surface area contributed by atoms with E-state index in [1.165, 1.54) is 6.42 Å². The monoisotopic (exact) mass is 426 g/mol. The van der Waals surface area contributed by atoms with Gasteiger partial charge in [0.2, 0.25) is 5.91 Å². The number of fused-ring (bicyclic) bond motifs is 1. The van der Waals surface area contributed by atoms with Gasteiger partial charge in [-0.25, -0.2) is 0 Å². The smallest absolute Gasteiger partial charge is 0.224 e. The topological polar surface area (TPSA) is 77.6 Å². The van der Waals surface area contributed by atoms with E-state index in [1.807, 2.05) is 37.7 Å². The summed E-state index contributed by atoms with van der Waals surface area (Å²) >= 11 is 6.48. The number of anilines is 1. The zero-order valence-corrected chi connectivity index (χ0v) is 18.5. The molecule has 3 aromatic rings. The van der Waals surface area contributed by atoms with E-state index in [4.69, 9.17) is 11.6 Å². The van der Waals surface area contributed by atoms with Gasteiger partial charge in [0.1, 0.15) is 5.82 Å². The molecule has 0 saturated heterocycles. The van der Waals surface area contributed by atoms with E-state index >= 15 is 0 Å². The summed E-state index contributed by atoms with van der Waals surface area (Å²) in [6, 6.07) is 5.52. The Kier molecular flexibility index (Phi) is 5.90.